The summed E-state index contributed by atoms with van der Waals surface area (Å²) >= 11 is 1.60. The highest BCUT2D eigenvalue weighted by atomic mass is 32.2. The molecule has 1 rings (SSSR count). The van der Waals surface area contributed by atoms with Crippen molar-refractivity contribution >= 4 is 23.7 Å². The molecule has 0 unspecified atom stereocenters. The maximum atomic E-state index is 10.5. The van der Waals surface area contributed by atoms with Gasteiger partial charge in [-0.05, 0) is 38.2 Å². The molecule has 1 saturated carbocycles. The Morgan fingerprint density at radius 1 is 1.24 bits per heavy atom. The van der Waals surface area contributed by atoms with Crippen LogP contribution in [0.4, 0.5) is 0 Å². The Balaban J connectivity index is 0.000000400. The lowest BCUT2D eigenvalue weighted by Crippen LogP contribution is -2.42. The van der Waals surface area contributed by atoms with Crippen LogP contribution in [0.3, 0.4) is 0 Å². The van der Waals surface area contributed by atoms with E-state index in [1.807, 2.05) is 6.26 Å². The van der Waals surface area contributed by atoms with Gasteiger partial charge in [0.05, 0.1) is 0 Å². The highest BCUT2D eigenvalue weighted by Gasteiger charge is 2.18. The van der Waals surface area contributed by atoms with Gasteiger partial charge in [-0.1, -0.05) is 19.3 Å². The molecule has 7 heteroatoms. The first kappa shape index (κ1) is 20.2. The van der Waals surface area contributed by atoms with Gasteiger partial charge in [0.25, 0.3) is 0 Å². The molecule has 0 aliphatic heterocycles. The summed E-state index contributed by atoms with van der Waals surface area (Å²) in [7, 11) is 0. The van der Waals surface area contributed by atoms with Gasteiger partial charge in [0.1, 0.15) is 12.1 Å². The third-order valence-corrected chi connectivity index (χ3v) is 4.06. The van der Waals surface area contributed by atoms with Gasteiger partial charge in [-0.15, -0.1) is 0 Å². The Bertz CT molecular complexity index is 309. The number of carbonyl (C=O) groups is 2. The van der Waals surface area contributed by atoms with Gasteiger partial charge < -0.3 is 21.3 Å². The maximum Gasteiger partial charge on any atom is 0.320 e. The van der Waals surface area contributed by atoms with Gasteiger partial charge in [0, 0.05) is 6.04 Å². The average Bonchev–Trinajstić information content (AvgIpc) is 2.46. The molecule has 2 atom stereocenters. The number of nitrogens with two attached hydrogens (primary N) is 1. The van der Waals surface area contributed by atoms with Gasteiger partial charge in [-0.2, -0.15) is 11.8 Å². The molecular weight excluding hydrogens is 292 g/mol. The van der Waals surface area contributed by atoms with Gasteiger partial charge in [-0.3, -0.25) is 9.59 Å². The zero-order valence-electron chi connectivity index (χ0n) is 12.9. The Morgan fingerprint density at radius 3 is 2.24 bits per heavy atom. The molecule has 6 nitrogen and oxygen atoms in total. The molecule has 0 saturated heterocycles. The van der Waals surface area contributed by atoms with E-state index in [9.17, 15) is 9.59 Å². The standard InChI is InChI=1S/C9H17NO2.C5H11NO2S/c1-7(9(11)12)10-8-5-3-2-4-6-8;1-9-3-2-4(6)5(7)8/h7-8,10H,2-6H2,1H3,(H,11,12);4H,2-3,6H2,1H3,(H,7,8)/t7-;4-/m00/s1. The van der Waals surface area contributed by atoms with E-state index in [1.165, 1.54) is 19.3 Å². The first-order chi connectivity index (χ1) is 9.88. The highest BCUT2D eigenvalue weighted by molar-refractivity contribution is 7.98. The maximum absolute atomic E-state index is 10.5. The second-order valence-corrected chi connectivity index (χ2v) is 6.27. The summed E-state index contributed by atoms with van der Waals surface area (Å²) in [5.74, 6) is -0.849. The van der Waals surface area contributed by atoms with Crippen molar-refractivity contribution < 1.29 is 19.8 Å². The zero-order chi connectivity index (χ0) is 16.3. The minimum Gasteiger partial charge on any atom is -0.480 e. The molecule has 0 aromatic rings. The van der Waals surface area contributed by atoms with Crippen molar-refractivity contribution in [2.45, 2.75) is 63.6 Å². The molecule has 1 fully saturated rings. The molecule has 0 bridgehead atoms. The van der Waals surface area contributed by atoms with Crippen LogP contribution in [0.15, 0.2) is 0 Å². The number of carboxylic acids is 2. The molecule has 0 amide bonds. The van der Waals surface area contributed by atoms with E-state index in [0.29, 0.717) is 12.5 Å². The number of nitrogens with one attached hydrogen (secondary N) is 1. The first-order valence-electron chi connectivity index (χ1n) is 7.34. The van der Waals surface area contributed by atoms with Crippen molar-refractivity contribution in [2.75, 3.05) is 12.0 Å². The largest absolute Gasteiger partial charge is 0.480 e. The summed E-state index contributed by atoms with van der Waals surface area (Å²) in [6.07, 6.45) is 8.54. The highest BCUT2D eigenvalue weighted by Crippen LogP contribution is 2.17. The Labute approximate surface area is 130 Å². The summed E-state index contributed by atoms with van der Waals surface area (Å²) in [6, 6.07) is -0.643. The molecule has 1 aliphatic carbocycles. The fourth-order valence-electron chi connectivity index (χ4n) is 2.06. The van der Waals surface area contributed by atoms with Gasteiger partial charge in [-0.25, -0.2) is 0 Å². The van der Waals surface area contributed by atoms with Crippen molar-refractivity contribution in [3.63, 3.8) is 0 Å². The third-order valence-electron chi connectivity index (χ3n) is 3.41. The van der Waals surface area contributed by atoms with Crippen LogP contribution < -0.4 is 11.1 Å². The predicted molar refractivity (Wildman–Crippen MR) is 85.7 cm³/mol. The topological polar surface area (TPSA) is 113 Å². The monoisotopic (exact) mass is 320 g/mol. The normalized spacial score (nSPS) is 18.2. The zero-order valence-corrected chi connectivity index (χ0v) is 13.7. The Hall–Kier alpha value is -0.790. The molecule has 0 spiro atoms. The van der Waals surface area contributed by atoms with Crippen LogP contribution in [-0.2, 0) is 9.59 Å². The minimum atomic E-state index is -0.913. The smallest absolute Gasteiger partial charge is 0.320 e. The van der Waals surface area contributed by atoms with E-state index in [4.69, 9.17) is 15.9 Å². The lowest BCUT2D eigenvalue weighted by molar-refractivity contribution is -0.139. The number of hydrogen-bond donors (Lipinski definition) is 4. The summed E-state index contributed by atoms with van der Waals surface area (Å²) in [6.45, 7) is 1.71. The van der Waals surface area contributed by atoms with E-state index in [-0.39, 0.29) is 0 Å². The van der Waals surface area contributed by atoms with Gasteiger partial charge >= 0.3 is 11.9 Å². The number of carboxylic acid groups (broad SMARTS) is 2. The van der Waals surface area contributed by atoms with Crippen LogP contribution in [0.25, 0.3) is 0 Å². The lowest BCUT2D eigenvalue weighted by Gasteiger charge is -2.24. The molecule has 124 valence electrons. The molecule has 0 radical (unpaired) electrons. The fourth-order valence-corrected chi connectivity index (χ4v) is 2.55. The third kappa shape index (κ3) is 10.6. The van der Waals surface area contributed by atoms with E-state index in [0.717, 1.165) is 18.6 Å². The van der Waals surface area contributed by atoms with Crippen LogP contribution in [-0.4, -0.2) is 52.3 Å². The first-order valence-corrected chi connectivity index (χ1v) is 8.74. The summed E-state index contributed by atoms with van der Waals surface area (Å²) in [5.41, 5.74) is 5.19. The number of thioether (sulfide) groups is 1. The summed E-state index contributed by atoms with van der Waals surface area (Å²) in [4.78, 5) is 20.6. The van der Waals surface area contributed by atoms with E-state index in [1.54, 1.807) is 18.7 Å². The van der Waals surface area contributed by atoms with Crippen molar-refractivity contribution in [3.8, 4) is 0 Å². The second kappa shape index (κ2) is 11.8. The number of aliphatic carboxylic acids is 2. The molecule has 0 aromatic heterocycles. The SMILES string of the molecule is CSCC[C@H](N)C(=O)O.C[C@H](NC1CCCCC1)C(=O)O. The summed E-state index contributed by atoms with van der Waals surface area (Å²) < 4.78 is 0. The number of hydrogen-bond acceptors (Lipinski definition) is 5. The van der Waals surface area contributed by atoms with Crippen molar-refractivity contribution in [3.05, 3.63) is 0 Å². The quantitative estimate of drug-likeness (QED) is 0.562. The van der Waals surface area contributed by atoms with Crippen LogP contribution in [0.1, 0.15) is 45.4 Å². The molecule has 1 aliphatic rings. The van der Waals surface area contributed by atoms with Crippen molar-refractivity contribution in [1.29, 1.82) is 0 Å². The van der Waals surface area contributed by atoms with Crippen molar-refractivity contribution in [2.24, 2.45) is 5.73 Å². The van der Waals surface area contributed by atoms with Gasteiger partial charge in [0.2, 0.25) is 0 Å². The van der Waals surface area contributed by atoms with Crippen LogP contribution >= 0.6 is 11.8 Å². The molecule has 21 heavy (non-hydrogen) atoms. The average molecular weight is 320 g/mol. The molecule has 0 aromatic carbocycles. The van der Waals surface area contributed by atoms with Crippen LogP contribution in [0, 0.1) is 0 Å². The van der Waals surface area contributed by atoms with Gasteiger partial charge in [0.15, 0.2) is 0 Å². The Kier molecular flexibility index (Phi) is 11.4. The minimum absolute atomic E-state index is 0.395. The Morgan fingerprint density at radius 2 is 1.81 bits per heavy atom. The molecular formula is C14H28N2O4S. The van der Waals surface area contributed by atoms with E-state index < -0.39 is 24.0 Å². The second-order valence-electron chi connectivity index (χ2n) is 5.29. The predicted octanol–water partition coefficient (Wildman–Crippen LogP) is 1.53. The van der Waals surface area contributed by atoms with Crippen molar-refractivity contribution in [1.82, 2.24) is 5.32 Å². The van der Waals surface area contributed by atoms with Crippen LogP contribution in [0.2, 0.25) is 0 Å². The molecule has 5 N–H and O–H groups in total. The van der Waals surface area contributed by atoms with E-state index >= 15 is 0 Å². The van der Waals surface area contributed by atoms with Crippen LogP contribution in [0.5, 0.6) is 0 Å². The van der Waals surface area contributed by atoms with E-state index in [2.05, 4.69) is 5.32 Å². The lowest BCUT2D eigenvalue weighted by atomic mass is 9.95. The fraction of sp³-hybridized carbons (Fsp3) is 0.857. The summed E-state index contributed by atoms with van der Waals surface area (Å²) in [5, 5.41) is 20.0. The molecule has 0 heterocycles. The number of rotatable bonds is 7.